The van der Waals surface area contributed by atoms with Crippen LogP contribution in [0.25, 0.3) is 0 Å². The van der Waals surface area contributed by atoms with E-state index in [0.717, 1.165) is 0 Å². The Morgan fingerprint density at radius 3 is 2.20 bits per heavy atom. The molecule has 90 valence electrons. The SMILES string of the molecule is CC1SC(C)(C)C1(C)N[C@H](C)C(N)=O.O. The van der Waals surface area contributed by atoms with Crippen LogP contribution in [0.5, 0.6) is 0 Å². The number of rotatable bonds is 3. The predicted octanol–water partition coefficient (Wildman–Crippen LogP) is 0.298. The van der Waals surface area contributed by atoms with Crippen LogP contribution in [0, 0.1) is 0 Å². The Morgan fingerprint density at radius 2 is 1.93 bits per heavy atom. The Morgan fingerprint density at radius 1 is 1.47 bits per heavy atom. The van der Waals surface area contributed by atoms with E-state index in [-0.39, 0.29) is 27.7 Å². The van der Waals surface area contributed by atoms with Crippen molar-refractivity contribution in [3.63, 3.8) is 0 Å². The standard InChI is InChI=1S/C10H20N2OS.H2O/c1-6(8(11)13)12-10(5)7(2)14-9(10,3)4;/h6-7,12H,1-5H3,(H2,11,13);1H2/t6-,7?,10?;/m1./s1. The Balaban J connectivity index is 0.00000196. The lowest BCUT2D eigenvalue weighted by atomic mass is 9.82. The number of primary amides is 1. The van der Waals surface area contributed by atoms with Crippen molar-refractivity contribution in [2.24, 2.45) is 5.73 Å². The molecular weight excluding hydrogens is 212 g/mol. The van der Waals surface area contributed by atoms with Gasteiger partial charge in [-0.2, -0.15) is 0 Å². The van der Waals surface area contributed by atoms with E-state index >= 15 is 0 Å². The summed E-state index contributed by atoms with van der Waals surface area (Å²) in [6, 6.07) is -0.261. The van der Waals surface area contributed by atoms with E-state index in [2.05, 4.69) is 33.0 Å². The fourth-order valence-corrected chi connectivity index (χ4v) is 3.70. The minimum Gasteiger partial charge on any atom is -0.412 e. The van der Waals surface area contributed by atoms with Crippen molar-refractivity contribution >= 4 is 17.7 Å². The maximum Gasteiger partial charge on any atom is 0.234 e. The fraction of sp³-hybridized carbons (Fsp3) is 0.900. The van der Waals surface area contributed by atoms with E-state index in [4.69, 9.17) is 5.73 Å². The smallest absolute Gasteiger partial charge is 0.234 e. The summed E-state index contributed by atoms with van der Waals surface area (Å²) in [6.45, 7) is 10.5. The molecule has 5 N–H and O–H groups in total. The summed E-state index contributed by atoms with van der Waals surface area (Å²) in [5.74, 6) is -0.286. The number of carbonyl (C=O) groups excluding carboxylic acids is 1. The highest BCUT2D eigenvalue weighted by molar-refractivity contribution is 8.03. The highest BCUT2D eigenvalue weighted by atomic mass is 32.2. The first-order valence-electron chi connectivity index (χ1n) is 4.95. The Kier molecular flexibility index (Phi) is 4.24. The van der Waals surface area contributed by atoms with Crippen molar-refractivity contribution in [2.45, 2.75) is 56.2 Å². The molecule has 0 aromatic rings. The van der Waals surface area contributed by atoms with Crippen LogP contribution in [0.4, 0.5) is 0 Å². The van der Waals surface area contributed by atoms with Crippen LogP contribution in [0.2, 0.25) is 0 Å². The zero-order valence-electron chi connectivity index (χ0n) is 10.0. The van der Waals surface area contributed by atoms with Crippen molar-refractivity contribution in [3.8, 4) is 0 Å². The quantitative estimate of drug-likeness (QED) is 0.736. The number of hydrogen-bond donors (Lipinski definition) is 2. The first kappa shape index (κ1) is 14.7. The fourth-order valence-electron chi connectivity index (χ4n) is 1.93. The number of hydrogen-bond acceptors (Lipinski definition) is 3. The lowest BCUT2D eigenvalue weighted by molar-refractivity contribution is -0.120. The molecule has 1 aliphatic heterocycles. The van der Waals surface area contributed by atoms with Crippen LogP contribution in [-0.4, -0.2) is 33.0 Å². The van der Waals surface area contributed by atoms with Gasteiger partial charge >= 0.3 is 0 Å². The Hall–Kier alpha value is -0.260. The second-order valence-electron chi connectivity index (χ2n) is 4.74. The zero-order chi connectivity index (χ0) is 11.1. The molecule has 0 aliphatic carbocycles. The third kappa shape index (κ3) is 2.29. The molecule has 0 saturated carbocycles. The van der Waals surface area contributed by atoms with Gasteiger partial charge in [0.1, 0.15) is 0 Å². The molecule has 5 heteroatoms. The number of thioether (sulfide) groups is 1. The molecule has 1 aliphatic rings. The highest BCUT2D eigenvalue weighted by Gasteiger charge is 2.56. The minimum atomic E-state index is -0.286. The summed E-state index contributed by atoms with van der Waals surface area (Å²) in [7, 11) is 0. The molecule has 4 nitrogen and oxygen atoms in total. The summed E-state index contributed by atoms with van der Waals surface area (Å²) >= 11 is 1.93. The molecule has 1 fully saturated rings. The molecule has 2 unspecified atom stereocenters. The zero-order valence-corrected chi connectivity index (χ0v) is 10.9. The maximum absolute atomic E-state index is 11.0. The summed E-state index contributed by atoms with van der Waals surface area (Å²) in [6.07, 6.45) is 0. The lowest BCUT2D eigenvalue weighted by Gasteiger charge is -2.59. The molecule has 0 aromatic carbocycles. The van der Waals surface area contributed by atoms with Gasteiger partial charge in [-0.25, -0.2) is 0 Å². The number of amides is 1. The van der Waals surface area contributed by atoms with Gasteiger partial charge in [-0.3, -0.25) is 10.1 Å². The van der Waals surface area contributed by atoms with Crippen molar-refractivity contribution in [1.82, 2.24) is 5.32 Å². The van der Waals surface area contributed by atoms with Gasteiger partial charge in [0.15, 0.2) is 0 Å². The van der Waals surface area contributed by atoms with Crippen LogP contribution in [0.15, 0.2) is 0 Å². The molecular formula is C10H22N2O2S. The molecule has 0 spiro atoms. The highest BCUT2D eigenvalue weighted by Crippen LogP contribution is 2.54. The van der Waals surface area contributed by atoms with Crippen LogP contribution < -0.4 is 11.1 Å². The first-order chi connectivity index (χ1) is 6.21. The third-order valence-corrected chi connectivity index (χ3v) is 5.32. The predicted molar refractivity (Wildman–Crippen MR) is 64.9 cm³/mol. The normalized spacial score (nSPS) is 34.9. The number of carbonyl (C=O) groups is 1. The molecule has 3 atom stereocenters. The van der Waals surface area contributed by atoms with Gasteiger partial charge in [0.05, 0.1) is 6.04 Å². The van der Waals surface area contributed by atoms with E-state index in [1.807, 2.05) is 18.7 Å². The Labute approximate surface area is 95.7 Å². The van der Waals surface area contributed by atoms with Crippen molar-refractivity contribution in [1.29, 1.82) is 0 Å². The van der Waals surface area contributed by atoms with Crippen molar-refractivity contribution < 1.29 is 10.3 Å². The molecule has 15 heavy (non-hydrogen) atoms. The molecule has 1 saturated heterocycles. The lowest BCUT2D eigenvalue weighted by Crippen LogP contribution is -2.72. The van der Waals surface area contributed by atoms with Gasteiger partial charge in [0, 0.05) is 15.5 Å². The van der Waals surface area contributed by atoms with Crippen molar-refractivity contribution in [2.75, 3.05) is 0 Å². The first-order valence-corrected chi connectivity index (χ1v) is 5.83. The summed E-state index contributed by atoms with van der Waals surface area (Å²) in [5.41, 5.74) is 5.24. The van der Waals surface area contributed by atoms with E-state index < -0.39 is 0 Å². The maximum atomic E-state index is 11.0. The van der Waals surface area contributed by atoms with Crippen LogP contribution >= 0.6 is 11.8 Å². The average Bonchev–Trinajstić information content (AvgIpc) is 2.03. The summed E-state index contributed by atoms with van der Waals surface area (Å²) in [4.78, 5) is 11.0. The summed E-state index contributed by atoms with van der Waals surface area (Å²) in [5, 5.41) is 3.85. The van der Waals surface area contributed by atoms with Gasteiger partial charge in [-0.15, -0.1) is 11.8 Å². The van der Waals surface area contributed by atoms with E-state index in [1.165, 1.54) is 0 Å². The van der Waals surface area contributed by atoms with Crippen LogP contribution in [-0.2, 0) is 4.79 Å². The van der Waals surface area contributed by atoms with Gasteiger partial charge in [0.25, 0.3) is 0 Å². The molecule has 0 radical (unpaired) electrons. The van der Waals surface area contributed by atoms with E-state index in [1.54, 1.807) is 0 Å². The summed E-state index contributed by atoms with van der Waals surface area (Å²) < 4.78 is 0.163. The van der Waals surface area contributed by atoms with Crippen LogP contribution in [0.3, 0.4) is 0 Å². The Bertz CT molecular complexity index is 258. The minimum absolute atomic E-state index is 0. The van der Waals surface area contributed by atoms with Gasteiger partial charge in [0.2, 0.25) is 5.91 Å². The van der Waals surface area contributed by atoms with E-state index in [0.29, 0.717) is 5.25 Å². The molecule has 0 aromatic heterocycles. The molecule has 0 bridgehead atoms. The molecule has 1 amide bonds. The van der Waals surface area contributed by atoms with Gasteiger partial charge < -0.3 is 11.2 Å². The van der Waals surface area contributed by atoms with Crippen LogP contribution in [0.1, 0.15) is 34.6 Å². The topological polar surface area (TPSA) is 86.6 Å². The molecule has 1 rings (SSSR count). The average molecular weight is 234 g/mol. The largest absolute Gasteiger partial charge is 0.412 e. The third-order valence-electron chi connectivity index (χ3n) is 3.48. The molecule has 1 heterocycles. The number of nitrogens with one attached hydrogen (secondary N) is 1. The second kappa shape index (κ2) is 4.31. The van der Waals surface area contributed by atoms with Crippen molar-refractivity contribution in [3.05, 3.63) is 0 Å². The number of nitrogens with two attached hydrogens (primary N) is 1. The second-order valence-corrected chi connectivity index (χ2v) is 6.70. The van der Waals surface area contributed by atoms with E-state index in [9.17, 15) is 4.79 Å². The van der Waals surface area contributed by atoms with Gasteiger partial charge in [-0.1, -0.05) is 6.92 Å². The van der Waals surface area contributed by atoms with Gasteiger partial charge in [-0.05, 0) is 27.7 Å². The monoisotopic (exact) mass is 234 g/mol.